The van der Waals surface area contributed by atoms with Gasteiger partial charge in [-0.2, -0.15) is 5.10 Å². The Kier molecular flexibility index (Phi) is 4.04. The summed E-state index contributed by atoms with van der Waals surface area (Å²) < 4.78 is 1.90. The average molecular weight is 335 g/mol. The van der Waals surface area contributed by atoms with Crippen molar-refractivity contribution in [3.05, 3.63) is 53.6 Å². The molecule has 25 heavy (non-hydrogen) atoms. The fourth-order valence-electron chi connectivity index (χ4n) is 4.08. The van der Waals surface area contributed by atoms with Gasteiger partial charge in [0.25, 0.3) is 0 Å². The molecule has 0 saturated carbocycles. The maximum Gasteiger partial charge on any atom is 0.158 e. The van der Waals surface area contributed by atoms with Crippen LogP contribution in [0.1, 0.15) is 36.7 Å². The van der Waals surface area contributed by atoms with Crippen molar-refractivity contribution in [1.82, 2.24) is 24.6 Å². The van der Waals surface area contributed by atoms with Crippen molar-refractivity contribution >= 4 is 11.0 Å². The van der Waals surface area contributed by atoms with E-state index in [2.05, 4.69) is 40.1 Å². The number of aryl methyl sites for hydroxylation is 2. The van der Waals surface area contributed by atoms with Crippen molar-refractivity contribution in [2.75, 3.05) is 13.1 Å². The lowest BCUT2D eigenvalue weighted by Crippen LogP contribution is -2.44. The minimum absolute atomic E-state index is 0.0762. The molecule has 130 valence electrons. The lowest BCUT2D eigenvalue weighted by molar-refractivity contribution is 0.147. The first-order valence-corrected chi connectivity index (χ1v) is 8.97. The number of hydrogen-bond acceptors (Lipinski definition) is 4. The Balaban J connectivity index is 1.61. The summed E-state index contributed by atoms with van der Waals surface area (Å²) in [5, 5.41) is 5.66. The second-order valence-electron chi connectivity index (χ2n) is 7.51. The average Bonchev–Trinajstić information content (AvgIpc) is 2.90. The van der Waals surface area contributed by atoms with Crippen LogP contribution >= 0.6 is 0 Å². The predicted octanol–water partition coefficient (Wildman–Crippen LogP) is 3.23. The van der Waals surface area contributed by atoms with Crippen LogP contribution in [-0.4, -0.2) is 37.7 Å². The topological polar surface area (TPSA) is 46.8 Å². The third-order valence-corrected chi connectivity index (χ3v) is 5.39. The fourth-order valence-corrected chi connectivity index (χ4v) is 4.08. The number of rotatable bonds is 3. The van der Waals surface area contributed by atoms with Crippen LogP contribution in [0.25, 0.3) is 11.0 Å². The van der Waals surface area contributed by atoms with Crippen molar-refractivity contribution in [2.45, 2.75) is 38.6 Å². The first kappa shape index (κ1) is 16.2. The molecule has 3 aromatic rings. The van der Waals surface area contributed by atoms with Crippen LogP contribution in [0.2, 0.25) is 0 Å². The zero-order valence-electron chi connectivity index (χ0n) is 15.2. The lowest BCUT2D eigenvalue weighted by atomic mass is 9.78. The Labute approximate surface area is 148 Å². The minimum atomic E-state index is 0.0762. The van der Waals surface area contributed by atoms with Crippen molar-refractivity contribution < 1.29 is 0 Å². The van der Waals surface area contributed by atoms with Gasteiger partial charge in [-0.25, -0.2) is 4.98 Å². The maximum absolute atomic E-state index is 4.99. The van der Waals surface area contributed by atoms with Gasteiger partial charge in [-0.3, -0.25) is 14.6 Å². The van der Waals surface area contributed by atoms with Crippen LogP contribution < -0.4 is 0 Å². The van der Waals surface area contributed by atoms with Crippen LogP contribution in [0, 0.1) is 6.92 Å². The largest absolute Gasteiger partial charge is 0.298 e. The molecule has 1 fully saturated rings. The van der Waals surface area contributed by atoms with E-state index >= 15 is 0 Å². The van der Waals surface area contributed by atoms with Gasteiger partial charge in [0.2, 0.25) is 0 Å². The van der Waals surface area contributed by atoms with Gasteiger partial charge in [-0.15, -0.1) is 0 Å². The summed E-state index contributed by atoms with van der Waals surface area (Å²) in [6.07, 6.45) is 6.17. The van der Waals surface area contributed by atoms with Gasteiger partial charge in [0, 0.05) is 43.3 Å². The van der Waals surface area contributed by atoms with E-state index in [9.17, 15) is 0 Å². The molecule has 0 aliphatic carbocycles. The molecule has 4 heterocycles. The Bertz CT molecular complexity index is 886. The smallest absolute Gasteiger partial charge is 0.158 e. The highest BCUT2D eigenvalue weighted by atomic mass is 15.3. The quantitative estimate of drug-likeness (QED) is 0.737. The molecule has 5 nitrogen and oxygen atoms in total. The molecule has 5 heteroatoms. The van der Waals surface area contributed by atoms with E-state index in [1.807, 2.05) is 37.1 Å². The first-order chi connectivity index (χ1) is 12.0. The van der Waals surface area contributed by atoms with Crippen LogP contribution in [0.5, 0.6) is 0 Å². The maximum atomic E-state index is 4.99. The van der Waals surface area contributed by atoms with E-state index in [1.165, 1.54) is 24.1 Å². The van der Waals surface area contributed by atoms with Gasteiger partial charge < -0.3 is 0 Å². The molecular formula is C20H25N5. The highest BCUT2D eigenvalue weighted by Gasteiger charge is 2.34. The summed E-state index contributed by atoms with van der Waals surface area (Å²) in [5.74, 6) is 0. The summed E-state index contributed by atoms with van der Waals surface area (Å²) in [4.78, 5) is 11.8. The van der Waals surface area contributed by atoms with E-state index in [0.29, 0.717) is 0 Å². The van der Waals surface area contributed by atoms with Crippen molar-refractivity contribution in [1.29, 1.82) is 0 Å². The van der Waals surface area contributed by atoms with Gasteiger partial charge >= 0.3 is 0 Å². The van der Waals surface area contributed by atoms with Crippen molar-refractivity contribution in [2.24, 2.45) is 7.05 Å². The Morgan fingerprint density at radius 2 is 2.12 bits per heavy atom. The van der Waals surface area contributed by atoms with Crippen molar-refractivity contribution in [3.63, 3.8) is 0 Å². The number of aromatic nitrogens is 4. The molecule has 1 saturated heterocycles. The van der Waals surface area contributed by atoms with E-state index in [0.717, 1.165) is 36.4 Å². The van der Waals surface area contributed by atoms with Crippen LogP contribution in [0.15, 0.2) is 36.7 Å². The summed E-state index contributed by atoms with van der Waals surface area (Å²) in [6.45, 7) is 7.51. The van der Waals surface area contributed by atoms with Crippen LogP contribution in [0.4, 0.5) is 0 Å². The standard InChI is InChI=1S/C20H25N5/c1-15-17-7-8-18(22-19(17)24(3)23-15)20(2)9-5-11-25(14-20)13-16-6-4-10-21-12-16/h4,6-8,10,12H,5,9,11,13-14H2,1-3H3/t20-/m1/s1. The van der Waals surface area contributed by atoms with E-state index in [4.69, 9.17) is 4.98 Å². The van der Waals surface area contributed by atoms with Gasteiger partial charge in [0.1, 0.15) is 0 Å². The number of piperidine rings is 1. The van der Waals surface area contributed by atoms with Gasteiger partial charge in [-0.05, 0) is 50.1 Å². The molecule has 1 atom stereocenters. The summed E-state index contributed by atoms with van der Waals surface area (Å²) >= 11 is 0. The minimum Gasteiger partial charge on any atom is -0.298 e. The Morgan fingerprint density at radius 1 is 1.24 bits per heavy atom. The van der Waals surface area contributed by atoms with Gasteiger partial charge in [-0.1, -0.05) is 13.0 Å². The second-order valence-corrected chi connectivity index (χ2v) is 7.51. The highest BCUT2D eigenvalue weighted by molar-refractivity contribution is 5.78. The summed E-state index contributed by atoms with van der Waals surface area (Å²) in [6, 6.07) is 8.55. The third-order valence-electron chi connectivity index (χ3n) is 5.39. The SMILES string of the molecule is Cc1nn(C)c2nc([C@]3(C)CCCN(Cc4cccnc4)C3)ccc12. The van der Waals surface area contributed by atoms with Crippen molar-refractivity contribution in [3.8, 4) is 0 Å². The van der Waals surface area contributed by atoms with E-state index in [-0.39, 0.29) is 5.41 Å². The number of nitrogens with zero attached hydrogens (tertiary/aromatic N) is 5. The molecular weight excluding hydrogens is 310 g/mol. The molecule has 1 aliphatic rings. The molecule has 0 bridgehead atoms. The number of pyridine rings is 2. The number of fused-ring (bicyclic) bond motifs is 1. The fraction of sp³-hybridized carbons (Fsp3) is 0.450. The van der Waals surface area contributed by atoms with E-state index in [1.54, 1.807) is 0 Å². The molecule has 0 radical (unpaired) electrons. The number of hydrogen-bond donors (Lipinski definition) is 0. The summed E-state index contributed by atoms with van der Waals surface area (Å²) in [5.41, 5.74) is 4.56. The first-order valence-electron chi connectivity index (χ1n) is 8.97. The lowest BCUT2D eigenvalue weighted by Gasteiger charge is -2.40. The third kappa shape index (κ3) is 3.04. The monoisotopic (exact) mass is 335 g/mol. The Morgan fingerprint density at radius 3 is 2.92 bits per heavy atom. The molecule has 1 aliphatic heterocycles. The molecule has 3 aromatic heterocycles. The molecule has 0 N–H and O–H groups in total. The summed E-state index contributed by atoms with van der Waals surface area (Å²) in [7, 11) is 1.98. The highest BCUT2D eigenvalue weighted by Crippen LogP contribution is 2.34. The molecule has 4 rings (SSSR count). The molecule has 0 aromatic carbocycles. The Hall–Kier alpha value is -2.27. The van der Waals surface area contributed by atoms with E-state index < -0.39 is 0 Å². The van der Waals surface area contributed by atoms with Crippen LogP contribution in [0.3, 0.4) is 0 Å². The molecule has 0 spiro atoms. The molecule has 0 unspecified atom stereocenters. The zero-order valence-corrected chi connectivity index (χ0v) is 15.2. The van der Waals surface area contributed by atoms with Gasteiger partial charge in [0.05, 0.1) is 11.4 Å². The predicted molar refractivity (Wildman–Crippen MR) is 99.3 cm³/mol. The number of likely N-dealkylation sites (tertiary alicyclic amines) is 1. The van der Waals surface area contributed by atoms with Gasteiger partial charge in [0.15, 0.2) is 5.65 Å². The normalized spacial score (nSPS) is 21.7. The van der Waals surface area contributed by atoms with Crippen LogP contribution in [-0.2, 0) is 19.0 Å². The molecule has 0 amide bonds. The zero-order chi connectivity index (χ0) is 17.4. The second kappa shape index (κ2) is 6.23.